The molecule has 282 valence electrons. The summed E-state index contributed by atoms with van der Waals surface area (Å²) >= 11 is 3.41. The highest BCUT2D eigenvalue weighted by molar-refractivity contribution is 7.99. The van der Waals surface area contributed by atoms with Crippen LogP contribution in [0.15, 0.2) is 106 Å². The summed E-state index contributed by atoms with van der Waals surface area (Å²) in [4.78, 5) is 20.0. The van der Waals surface area contributed by atoms with Crippen LogP contribution in [0.4, 0.5) is 17.5 Å². The van der Waals surface area contributed by atoms with Gasteiger partial charge in [-0.2, -0.15) is 5.10 Å². The Labute approximate surface area is 325 Å². The number of thioether (sulfide) groups is 1. The molecule has 0 spiro atoms. The molecule has 2 aliphatic heterocycles. The highest BCUT2D eigenvalue weighted by Crippen LogP contribution is 2.39. The lowest BCUT2D eigenvalue weighted by atomic mass is 10.0. The van der Waals surface area contributed by atoms with Crippen LogP contribution in [0.1, 0.15) is 57.4 Å². The Bertz CT molecular complexity index is 1770. The largest absolute Gasteiger partial charge is 0.490 e. The molecule has 9 nitrogen and oxygen atoms in total. The van der Waals surface area contributed by atoms with Crippen LogP contribution in [0, 0.1) is 6.92 Å². The van der Waals surface area contributed by atoms with E-state index in [9.17, 15) is 0 Å². The number of ether oxygens (including phenoxy) is 1. The number of piperidine rings is 1. The zero-order valence-electron chi connectivity index (χ0n) is 32.2. The molecule has 53 heavy (non-hydrogen) atoms. The lowest BCUT2D eigenvalue weighted by Crippen LogP contribution is -2.53. The second-order valence-corrected chi connectivity index (χ2v) is 14.7. The van der Waals surface area contributed by atoms with Gasteiger partial charge in [0, 0.05) is 66.1 Å². The smallest absolute Gasteiger partial charge is 0.204 e. The highest BCUT2D eigenvalue weighted by Gasteiger charge is 2.30. The van der Waals surface area contributed by atoms with Gasteiger partial charge in [0.25, 0.3) is 0 Å². The van der Waals surface area contributed by atoms with Gasteiger partial charge in [-0.25, -0.2) is 9.97 Å². The van der Waals surface area contributed by atoms with Crippen LogP contribution in [-0.2, 0) is 12.3 Å². The fourth-order valence-corrected chi connectivity index (χ4v) is 8.19. The van der Waals surface area contributed by atoms with Gasteiger partial charge in [-0.3, -0.25) is 14.9 Å². The Balaban J connectivity index is 0.00000131. The molecule has 0 unspecified atom stereocenters. The average molecular weight is 753 g/mol. The summed E-state index contributed by atoms with van der Waals surface area (Å²) in [5.74, 6) is 3.72. The molecule has 0 atom stereocenters. The molecule has 2 aromatic heterocycles. The van der Waals surface area contributed by atoms with Gasteiger partial charge in [-0.15, -0.1) is 11.8 Å². The van der Waals surface area contributed by atoms with Gasteiger partial charge < -0.3 is 15.0 Å². The fourth-order valence-electron chi connectivity index (χ4n) is 6.59. The summed E-state index contributed by atoms with van der Waals surface area (Å²) in [6, 6.07) is 32.7. The molecule has 11 heteroatoms. The molecule has 0 amide bonds. The van der Waals surface area contributed by atoms with Crippen molar-refractivity contribution in [3.63, 3.8) is 0 Å². The Kier molecular flexibility index (Phi) is 15.9. The first-order chi connectivity index (χ1) is 26.1. The quantitative estimate of drug-likeness (QED) is 0.0950. The number of likely N-dealkylation sites (tertiary alicyclic amines) is 1. The van der Waals surface area contributed by atoms with E-state index in [1.807, 2.05) is 52.4 Å². The van der Waals surface area contributed by atoms with Crippen LogP contribution in [-0.4, -0.2) is 82.4 Å². The molecule has 0 saturated carbocycles. The van der Waals surface area contributed by atoms with E-state index in [4.69, 9.17) is 14.7 Å². The van der Waals surface area contributed by atoms with E-state index in [2.05, 4.69) is 115 Å². The molecule has 0 radical (unpaired) electrons. The molecule has 2 saturated heterocycles. The first-order valence-corrected chi connectivity index (χ1v) is 20.8. The summed E-state index contributed by atoms with van der Waals surface area (Å²) in [6.07, 6.45) is 2.43. The van der Waals surface area contributed by atoms with Crippen molar-refractivity contribution >= 4 is 41.0 Å². The van der Waals surface area contributed by atoms with Crippen molar-refractivity contribution in [1.29, 1.82) is 0 Å². The number of hydrogen-bond acceptors (Lipinski definition) is 10. The lowest BCUT2D eigenvalue weighted by Gasteiger charge is -2.43. The van der Waals surface area contributed by atoms with Crippen LogP contribution in [0.2, 0.25) is 0 Å². The summed E-state index contributed by atoms with van der Waals surface area (Å²) in [5, 5.41) is 11.5. The predicted octanol–water partition coefficient (Wildman–Crippen LogP) is 9.54. The number of aromatic amines is 1. The number of aryl methyl sites for hydroxylation is 1. The van der Waals surface area contributed by atoms with Gasteiger partial charge >= 0.3 is 0 Å². The van der Waals surface area contributed by atoms with Crippen LogP contribution in [0.25, 0.3) is 0 Å². The van der Waals surface area contributed by atoms with Gasteiger partial charge in [0.15, 0.2) is 22.6 Å². The fraction of sp³-hybridized carbons (Fsp3) is 0.405. The third-order valence-corrected chi connectivity index (χ3v) is 11.2. The average Bonchev–Trinajstić information content (AvgIpc) is 3.64. The van der Waals surface area contributed by atoms with Crippen molar-refractivity contribution < 1.29 is 4.74 Å². The minimum Gasteiger partial charge on any atom is -0.490 e. The van der Waals surface area contributed by atoms with Crippen molar-refractivity contribution in [2.24, 2.45) is 0 Å². The zero-order chi connectivity index (χ0) is 37.4. The van der Waals surface area contributed by atoms with Crippen LogP contribution in [0.5, 0.6) is 5.75 Å². The molecule has 3 aromatic carbocycles. The third-order valence-electron chi connectivity index (χ3n) is 9.20. The number of benzene rings is 3. The normalized spacial score (nSPS) is 15.2. The number of H-pyrrole nitrogens is 1. The second-order valence-electron chi connectivity index (χ2n) is 12.6. The molecule has 5 aromatic rings. The zero-order valence-corrected chi connectivity index (χ0v) is 33.8. The number of nitrogens with one attached hydrogen (secondary N) is 2. The lowest BCUT2D eigenvalue weighted by molar-refractivity contribution is 0.0996. The number of aromatic nitrogens is 4. The SMILES string of the molecule is CC.CC.COc1c(Nc2cc(C)[nH]n2)nc(Sc2ccc(SCc3ccccc3)cc2)nc1N1CCN(C2CCN(Cc3ccccc3)CC2)CC1. The molecule has 4 heterocycles. The molecule has 2 fully saturated rings. The van der Waals surface area contributed by atoms with Crippen LogP contribution in [0.3, 0.4) is 0 Å². The number of piperazine rings is 1. The van der Waals surface area contributed by atoms with Crippen LogP contribution >= 0.6 is 23.5 Å². The Hall–Kier alpha value is -4.03. The summed E-state index contributed by atoms with van der Waals surface area (Å²) in [6.45, 7) is 17.1. The molecule has 2 N–H and O–H groups in total. The Morgan fingerprint density at radius 1 is 0.774 bits per heavy atom. The number of anilines is 3. The number of hydrogen-bond donors (Lipinski definition) is 2. The van der Waals surface area contributed by atoms with E-state index in [0.29, 0.717) is 28.6 Å². The Morgan fingerprint density at radius 3 is 2.00 bits per heavy atom. The van der Waals surface area contributed by atoms with Crippen molar-refractivity contribution in [1.82, 2.24) is 30.0 Å². The molecule has 0 aliphatic carbocycles. The van der Waals surface area contributed by atoms with Gasteiger partial charge in [-0.05, 0) is 80.0 Å². The van der Waals surface area contributed by atoms with Crippen molar-refractivity contribution in [3.8, 4) is 5.75 Å². The Morgan fingerprint density at radius 2 is 1.40 bits per heavy atom. The molecular formula is C42H56N8OS2. The van der Waals surface area contributed by atoms with Crippen molar-refractivity contribution in [3.05, 3.63) is 108 Å². The summed E-state index contributed by atoms with van der Waals surface area (Å²) < 4.78 is 6.00. The number of rotatable bonds is 12. The topological polar surface area (TPSA) is 85.4 Å². The van der Waals surface area contributed by atoms with E-state index >= 15 is 0 Å². The van der Waals surface area contributed by atoms with Gasteiger partial charge in [0.2, 0.25) is 5.75 Å². The highest BCUT2D eigenvalue weighted by atomic mass is 32.2. The minimum atomic E-state index is 0.616. The predicted molar refractivity (Wildman–Crippen MR) is 223 cm³/mol. The standard InChI is InChI=1S/C38H44N8OS2.2C2H6/c1-28-25-34(43-42-28)39-36-35(47-2)37(41-38(40-36)49-33-15-13-32(14-16-33)48-27-30-11-7-4-8-12-30)46-23-21-45(22-24-46)31-17-19-44(20-18-31)26-29-9-5-3-6-10-29;2*1-2/h3-16,25,31H,17-24,26-27H2,1-2H3,(H2,39,40,41,42,43);2*1-2H3. The van der Waals surface area contributed by atoms with Crippen molar-refractivity contribution in [2.75, 3.05) is 56.6 Å². The van der Waals surface area contributed by atoms with E-state index in [-0.39, 0.29) is 0 Å². The van der Waals surface area contributed by atoms with E-state index in [1.165, 1.54) is 28.9 Å². The second kappa shape index (κ2) is 21.0. The molecular weight excluding hydrogens is 697 g/mol. The molecule has 0 bridgehead atoms. The van der Waals surface area contributed by atoms with E-state index in [0.717, 1.165) is 68.0 Å². The van der Waals surface area contributed by atoms with Gasteiger partial charge in [0.1, 0.15) is 0 Å². The monoisotopic (exact) mass is 752 g/mol. The number of nitrogens with zero attached hydrogens (tertiary/aromatic N) is 6. The number of methoxy groups -OCH3 is 1. The maximum Gasteiger partial charge on any atom is 0.204 e. The maximum absolute atomic E-state index is 6.00. The van der Waals surface area contributed by atoms with Gasteiger partial charge in [-0.1, -0.05) is 88.4 Å². The maximum atomic E-state index is 6.00. The minimum absolute atomic E-state index is 0.616. The first kappa shape index (κ1) is 40.2. The summed E-state index contributed by atoms with van der Waals surface area (Å²) in [5.41, 5.74) is 3.69. The van der Waals surface area contributed by atoms with Crippen LogP contribution < -0.4 is 15.0 Å². The summed E-state index contributed by atoms with van der Waals surface area (Å²) in [7, 11) is 1.70. The third kappa shape index (κ3) is 11.5. The van der Waals surface area contributed by atoms with Crippen molar-refractivity contribution in [2.45, 2.75) is 80.7 Å². The van der Waals surface area contributed by atoms with Gasteiger partial charge in [0.05, 0.1) is 7.11 Å². The molecule has 7 rings (SSSR count). The van der Waals surface area contributed by atoms with E-state index in [1.54, 1.807) is 18.9 Å². The molecule has 2 aliphatic rings. The first-order valence-electron chi connectivity index (χ1n) is 19.0. The van der Waals surface area contributed by atoms with E-state index < -0.39 is 0 Å².